The van der Waals surface area contributed by atoms with E-state index in [1.807, 2.05) is 6.92 Å². The number of aromatic nitrogens is 1. The van der Waals surface area contributed by atoms with Crippen LogP contribution in [0.3, 0.4) is 0 Å². The lowest BCUT2D eigenvalue weighted by molar-refractivity contribution is 0.421. The zero-order valence-corrected chi connectivity index (χ0v) is 10.3. The maximum atomic E-state index is 13.5. The second-order valence-electron chi connectivity index (χ2n) is 3.79. The number of nitrogens with zero attached hydrogens (tertiary/aromatic N) is 1. The summed E-state index contributed by atoms with van der Waals surface area (Å²) < 4.78 is 31.8. The molecule has 0 aliphatic heterocycles. The Labute approximate surface area is 108 Å². The number of hydrogen-bond donors (Lipinski definition) is 0. The van der Waals surface area contributed by atoms with E-state index in [1.165, 1.54) is 12.1 Å². The van der Waals surface area contributed by atoms with Gasteiger partial charge in [0, 0.05) is 5.56 Å². The summed E-state index contributed by atoms with van der Waals surface area (Å²) in [6, 6.07) is 5.68. The van der Waals surface area contributed by atoms with E-state index in [1.54, 1.807) is 12.1 Å². The number of aryl methyl sites for hydroxylation is 1. The van der Waals surface area contributed by atoms with Crippen molar-refractivity contribution in [3.63, 3.8) is 0 Å². The van der Waals surface area contributed by atoms with Crippen LogP contribution in [0.5, 0.6) is 11.6 Å². The first-order chi connectivity index (χ1) is 8.60. The van der Waals surface area contributed by atoms with E-state index in [-0.39, 0.29) is 17.5 Å². The number of pyridine rings is 1. The number of benzene rings is 1. The third-order valence-electron chi connectivity index (χ3n) is 2.33. The van der Waals surface area contributed by atoms with Gasteiger partial charge in [-0.15, -0.1) is 11.6 Å². The highest BCUT2D eigenvalue weighted by Crippen LogP contribution is 2.27. The van der Waals surface area contributed by atoms with Crippen molar-refractivity contribution in [1.29, 1.82) is 0 Å². The summed E-state index contributed by atoms with van der Waals surface area (Å²) in [5.74, 6) is -0.834. The fraction of sp³-hybridized carbons (Fsp3) is 0.154. The topological polar surface area (TPSA) is 22.1 Å². The van der Waals surface area contributed by atoms with Crippen molar-refractivity contribution in [2.45, 2.75) is 12.8 Å². The molecule has 5 heteroatoms. The van der Waals surface area contributed by atoms with E-state index in [9.17, 15) is 8.78 Å². The molecule has 2 nitrogen and oxygen atoms in total. The van der Waals surface area contributed by atoms with Crippen molar-refractivity contribution in [3.8, 4) is 11.6 Å². The van der Waals surface area contributed by atoms with Crippen molar-refractivity contribution in [3.05, 3.63) is 53.2 Å². The Bertz CT molecular complexity index is 575. The second kappa shape index (κ2) is 5.31. The minimum atomic E-state index is -0.511. The van der Waals surface area contributed by atoms with Gasteiger partial charge in [-0.3, -0.25) is 0 Å². The van der Waals surface area contributed by atoms with Crippen LogP contribution in [0, 0.1) is 18.6 Å². The molecule has 0 saturated carbocycles. The molecule has 1 heterocycles. The molecule has 0 saturated heterocycles. The lowest BCUT2D eigenvalue weighted by atomic mass is 10.2. The van der Waals surface area contributed by atoms with Gasteiger partial charge < -0.3 is 4.74 Å². The van der Waals surface area contributed by atoms with Crippen LogP contribution >= 0.6 is 11.6 Å². The summed E-state index contributed by atoms with van der Waals surface area (Å²) in [5, 5.41) is 0. The Balaban J connectivity index is 2.36. The summed E-state index contributed by atoms with van der Waals surface area (Å²) in [6.07, 6.45) is 0.999. The average molecular weight is 270 g/mol. The molecule has 0 aliphatic carbocycles. The van der Waals surface area contributed by atoms with Crippen LogP contribution in [0.4, 0.5) is 8.78 Å². The summed E-state index contributed by atoms with van der Waals surface area (Å²) in [4.78, 5) is 3.77. The molecule has 0 N–H and O–H groups in total. The summed E-state index contributed by atoms with van der Waals surface area (Å²) in [6.45, 7) is 1.81. The van der Waals surface area contributed by atoms with Crippen LogP contribution in [0.2, 0.25) is 0 Å². The summed E-state index contributed by atoms with van der Waals surface area (Å²) >= 11 is 5.66. The molecule has 1 aromatic heterocycles. The molecule has 94 valence electrons. The first-order valence-electron chi connectivity index (χ1n) is 5.24. The van der Waals surface area contributed by atoms with Gasteiger partial charge in [0.2, 0.25) is 5.88 Å². The molecule has 0 spiro atoms. The Kier molecular flexibility index (Phi) is 3.77. The maximum Gasteiger partial charge on any atom is 0.223 e. The largest absolute Gasteiger partial charge is 0.436 e. The minimum absolute atomic E-state index is 0.0352. The molecule has 1 aromatic carbocycles. The Morgan fingerprint density at radius 1 is 1.28 bits per heavy atom. The third-order valence-corrected chi connectivity index (χ3v) is 2.62. The minimum Gasteiger partial charge on any atom is -0.436 e. The first kappa shape index (κ1) is 12.8. The molecule has 2 rings (SSSR count). The standard InChI is InChI=1S/C13H10ClF2NO/c1-8-2-3-11(16)12(4-8)18-13-9(6-14)5-10(15)7-17-13/h2-5,7H,6H2,1H3. The van der Waals surface area contributed by atoms with E-state index in [0.717, 1.165) is 11.8 Å². The van der Waals surface area contributed by atoms with Gasteiger partial charge in [0.25, 0.3) is 0 Å². The van der Waals surface area contributed by atoms with Gasteiger partial charge in [-0.05, 0) is 30.7 Å². The van der Waals surface area contributed by atoms with Crippen LogP contribution in [-0.4, -0.2) is 4.98 Å². The molecule has 18 heavy (non-hydrogen) atoms. The molecule has 0 bridgehead atoms. The van der Waals surface area contributed by atoms with E-state index in [4.69, 9.17) is 16.3 Å². The van der Waals surface area contributed by atoms with Gasteiger partial charge in [-0.25, -0.2) is 13.8 Å². The fourth-order valence-electron chi connectivity index (χ4n) is 1.45. The Morgan fingerprint density at radius 3 is 2.78 bits per heavy atom. The van der Waals surface area contributed by atoms with Gasteiger partial charge in [-0.2, -0.15) is 0 Å². The van der Waals surface area contributed by atoms with E-state index >= 15 is 0 Å². The van der Waals surface area contributed by atoms with Crippen LogP contribution < -0.4 is 4.74 Å². The van der Waals surface area contributed by atoms with Gasteiger partial charge in [0.15, 0.2) is 11.6 Å². The molecule has 0 radical (unpaired) electrons. The lowest BCUT2D eigenvalue weighted by Crippen LogP contribution is -1.96. The number of alkyl halides is 1. The predicted molar refractivity (Wildman–Crippen MR) is 65.0 cm³/mol. The van der Waals surface area contributed by atoms with Gasteiger partial charge in [-0.1, -0.05) is 6.07 Å². The summed E-state index contributed by atoms with van der Waals surface area (Å²) in [5.41, 5.74) is 1.22. The molecule has 0 amide bonds. The third kappa shape index (κ3) is 2.76. The van der Waals surface area contributed by atoms with Crippen LogP contribution in [-0.2, 0) is 5.88 Å². The highest BCUT2D eigenvalue weighted by molar-refractivity contribution is 6.17. The van der Waals surface area contributed by atoms with Crippen molar-refractivity contribution in [2.24, 2.45) is 0 Å². The number of rotatable bonds is 3. The number of halogens is 3. The SMILES string of the molecule is Cc1ccc(F)c(Oc2ncc(F)cc2CCl)c1. The summed E-state index contributed by atoms with van der Waals surface area (Å²) in [7, 11) is 0. The number of hydrogen-bond acceptors (Lipinski definition) is 2. The van der Waals surface area contributed by atoms with Gasteiger partial charge in [0.05, 0.1) is 12.1 Å². The van der Waals surface area contributed by atoms with Crippen molar-refractivity contribution in [1.82, 2.24) is 4.98 Å². The molecule has 2 aromatic rings. The fourth-order valence-corrected chi connectivity index (χ4v) is 1.64. The number of ether oxygens (including phenoxy) is 1. The van der Waals surface area contributed by atoms with E-state index in [2.05, 4.69) is 4.98 Å². The Morgan fingerprint density at radius 2 is 2.06 bits per heavy atom. The quantitative estimate of drug-likeness (QED) is 0.779. The highest BCUT2D eigenvalue weighted by Gasteiger charge is 2.10. The average Bonchev–Trinajstić information content (AvgIpc) is 2.36. The van der Waals surface area contributed by atoms with Gasteiger partial charge >= 0.3 is 0 Å². The zero-order chi connectivity index (χ0) is 13.1. The molecular formula is C13H10ClF2NO. The van der Waals surface area contributed by atoms with Crippen LogP contribution in [0.15, 0.2) is 30.5 Å². The lowest BCUT2D eigenvalue weighted by Gasteiger charge is -2.09. The molecule has 0 atom stereocenters. The Hall–Kier alpha value is -1.68. The maximum absolute atomic E-state index is 13.5. The van der Waals surface area contributed by atoms with Crippen LogP contribution in [0.25, 0.3) is 0 Å². The smallest absolute Gasteiger partial charge is 0.223 e. The van der Waals surface area contributed by atoms with Crippen molar-refractivity contribution >= 4 is 11.6 Å². The van der Waals surface area contributed by atoms with Crippen molar-refractivity contribution in [2.75, 3.05) is 0 Å². The van der Waals surface area contributed by atoms with Crippen LogP contribution in [0.1, 0.15) is 11.1 Å². The van der Waals surface area contributed by atoms with Crippen molar-refractivity contribution < 1.29 is 13.5 Å². The second-order valence-corrected chi connectivity index (χ2v) is 4.05. The molecule has 0 unspecified atom stereocenters. The molecule has 0 fully saturated rings. The monoisotopic (exact) mass is 269 g/mol. The van der Waals surface area contributed by atoms with E-state index in [0.29, 0.717) is 5.56 Å². The normalized spacial score (nSPS) is 10.4. The molecular weight excluding hydrogens is 260 g/mol. The predicted octanol–water partition coefficient (Wildman–Crippen LogP) is 4.20. The molecule has 0 aliphatic rings. The van der Waals surface area contributed by atoms with E-state index < -0.39 is 11.6 Å². The highest BCUT2D eigenvalue weighted by atomic mass is 35.5. The first-order valence-corrected chi connectivity index (χ1v) is 5.78. The van der Waals surface area contributed by atoms with Gasteiger partial charge in [0.1, 0.15) is 5.82 Å². The zero-order valence-electron chi connectivity index (χ0n) is 9.58.